The second-order valence-electron chi connectivity index (χ2n) is 3.29. The summed E-state index contributed by atoms with van der Waals surface area (Å²) < 4.78 is 9.14. The Labute approximate surface area is 83.4 Å². The normalized spacial score (nSPS) is 11.9. The van der Waals surface area contributed by atoms with E-state index in [9.17, 15) is 9.59 Å². The molecule has 1 N–H and O–H groups in total. The summed E-state index contributed by atoms with van der Waals surface area (Å²) in [5, 5.41) is 8.20. The van der Waals surface area contributed by atoms with Crippen LogP contribution >= 0.6 is 0 Å². The molecule has 0 spiro atoms. The number of aliphatic carboxylic acids is 1. The first-order valence-corrected chi connectivity index (χ1v) is 5.54. The van der Waals surface area contributed by atoms with Gasteiger partial charge in [-0.25, -0.2) is 0 Å². The predicted octanol–water partition coefficient (Wildman–Crippen LogP) is 0.374. The Morgan fingerprint density at radius 1 is 1.38 bits per heavy atom. The van der Waals surface area contributed by atoms with Crippen LogP contribution in [0.1, 0.15) is 20.8 Å². The molecule has 76 valence electrons. The molecule has 6 heteroatoms. The second kappa shape index (κ2) is 5.24. The van der Waals surface area contributed by atoms with E-state index in [-0.39, 0.29) is 0 Å². The summed E-state index contributed by atoms with van der Waals surface area (Å²) in [6, 6.07) is 0. The van der Waals surface area contributed by atoms with Crippen LogP contribution in [0.3, 0.4) is 0 Å². The molecule has 0 amide bonds. The average Bonchev–Trinajstić information content (AvgIpc) is 1.81. The van der Waals surface area contributed by atoms with Crippen molar-refractivity contribution in [3.05, 3.63) is 0 Å². The van der Waals surface area contributed by atoms with Gasteiger partial charge in [0.25, 0.3) is 0 Å². The number of hydrogen-bond donors (Lipinski definition) is 1. The van der Waals surface area contributed by atoms with Crippen LogP contribution in [0.25, 0.3) is 0 Å². The monoisotopic (exact) mass is 252 g/mol. The molecular weight excluding hydrogens is 239 g/mol. The van der Waals surface area contributed by atoms with Crippen molar-refractivity contribution in [3.63, 3.8) is 0 Å². The SMILES string of the molecule is CC(C)(C)OC(=O)[AsH]OCC(=O)O. The van der Waals surface area contributed by atoms with Crippen molar-refractivity contribution < 1.29 is 23.2 Å². The third-order valence-corrected chi connectivity index (χ3v) is 1.92. The van der Waals surface area contributed by atoms with Gasteiger partial charge in [0.05, 0.1) is 0 Å². The van der Waals surface area contributed by atoms with Crippen LogP contribution in [0.5, 0.6) is 0 Å². The number of carbonyl (C=O) groups is 2. The summed E-state index contributed by atoms with van der Waals surface area (Å²) in [6.45, 7) is 4.80. The van der Waals surface area contributed by atoms with Crippen molar-refractivity contribution in [2.45, 2.75) is 26.4 Å². The predicted molar refractivity (Wildman–Crippen MR) is 47.0 cm³/mol. The fraction of sp³-hybridized carbons (Fsp3) is 0.714. The van der Waals surface area contributed by atoms with Gasteiger partial charge in [-0.05, 0) is 0 Å². The molecule has 0 fully saturated rings. The number of carbonyl (C=O) groups excluding carboxylic acids is 1. The van der Waals surface area contributed by atoms with Gasteiger partial charge in [-0.1, -0.05) is 0 Å². The maximum atomic E-state index is 11.0. The van der Waals surface area contributed by atoms with Crippen LogP contribution in [0.2, 0.25) is 0 Å². The molecule has 1 atom stereocenters. The fourth-order valence-electron chi connectivity index (χ4n) is 0.456. The van der Waals surface area contributed by atoms with E-state index in [1.165, 1.54) is 0 Å². The first-order chi connectivity index (χ1) is 5.81. The number of hydrogen-bond acceptors (Lipinski definition) is 4. The minimum absolute atomic E-state index is 0.431. The van der Waals surface area contributed by atoms with Gasteiger partial charge in [-0.2, -0.15) is 0 Å². The van der Waals surface area contributed by atoms with Crippen LogP contribution in [-0.4, -0.2) is 44.1 Å². The van der Waals surface area contributed by atoms with Crippen LogP contribution in [0.15, 0.2) is 0 Å². The average molecular weight is 252 g/mol. The molecule has 0 saturated heterocycles. The Bertz CT molecular complexity index is 196. The Hall–Kier alpha value is -0.542. The molecule has 0 aliphatic carbocycles. The quantitative estimate of drug-likeness (QED) is 0.732. The second-order valence-corrected chi connectivity index (χ2v) is 5.18. The van der Waals surface area contributed by atoms with Crippen molar-refractivity contribution in [1.29, 1.82) is 0 Å². The van der Waals surface area contributed by atoms with E-state index in [2.05, 4.69) is 3.73 Å². The molecule has 0 aromatic carbocycles. The molecule has 0 rings (SSSR count). The van der Waals surface area contributed by atoms with Crippen molar-refractivity contribution in [2.75, 3.05) is 6.61 Å². The van der Waals surface area contributed by atoms with E-state index >= 15 is 0 Å². The molecule has 0 bridgehead atoms. The van der Waals surface area contributed by atoms with E-state index in [0.717, 1.165) is 0 Å². The zero-order chi connectivity index (χ0) is 10.5. The molecule has 0 radical (unpaired) electrons. The number of rotatable bonds is 4. The molecule has 0 aliphatic rings. The molecule has 0 aromatic rings. The molecule has 0 aromatic heterocycles. The molecular formula is C7H13AsO5. The summed E-state index contributed by atoms with van der Waals surface area (Å²) in [5.41, 5.74) is -0.535. The number of carboxylic acid groups (broad SMARTS) is 1. The third-order valence-electron chi connectivity index (χ3n) is 0.750. The maximum absolute atomic E-state index is 11.0. The Morgan fingerprint density at radius 2 is 1.92 bits per heavy atom. The van der Waals surface area contributed by atoms with E-state index in [0.29, 0.717) is 0 Å². The molecule has 1 unspecified atom stereocenters. The number of ether oxygens (including phenoxy) is 1. The molecule has 5 nitrogen and oxygen atoms in total. The van der Waals surface area contributed by atoms with E-state index in [1.54, 1.807) is 20.8 Å². The summed E-state index contributed by atoms with van der Waals surface area (Å²) >= 11 is -1.41. The van der Waals surface area contributed by atoms with Crippen molar-refractivity contribution in [2.24, 2.45) is 0 Å². The van der Waals surface area contributed by atoms with Gasteiger partial charge in [-0.15, -0.1) is 0 Å². The van der Waals surface area contributed by atoms with Crippen LogP contribution in [0.4, 0.5) is 4.79 Å². The standard InChI is InChI=1S/C7H13AsO5/c1-7(2,3)13-6(11)8-12-4-5(9)10/h8H,4H2,1-3H3,(H,9,10). The molecule has 0 aliphatic heterocycles. The third kappa shape index (κ3) is 9.37. The minimum atomic E-state index is -1.41. The van der Waals surface area contributed by atoms with Gasteiger partial charge in [-0.3, -0.25) is 0 Å². The summed E-state index contributed by atoms with van der Waals surface area (Å²) in [6.07, 6.45) is 0. The zero-order valence-corrected chi connectivity index (χ0v) is 9.89. The van der Waals surface area contributed by atoms with Gasteiger partial charge >= 0.3 is 83.0 Å². The summed E-state index contributed by atoms with van der Waals surface area (Å²) in [5.74, 6) is -1.08. The van der Waals surface area contributed by atoms with Crippen molar-refractivity contribution >= 4 is 26.8 Å². The van der Waals surface area contributed by atoms with Gasteiger partial charge in [0, 0.05) is 0 Å². The first-order valence-electron chi connectivity index (χ1n) is 3.64. The van der Waals surface area contributed by atoms with E-state index < -0.39 is 39.0 Å². The van der Waals surface area contributed by atoms with Crippen molar-refractivity contribution in [1.82, 2.24) is 0 Å². The topological polar surface area (TPSA) is 72.8 Å². The summed E-state index contributed by atoms with van der Waals surface area (Å²) in [7, 11) is 0. The van der Waals surface area contributed by atoms with Gasteiger partial charge < -0.3 is 0 Å². The first kappa shape index (κ1) is 12.5. The zero-order valence-electron chi connectivity index (χ0n) is 7.79. The van der Waals surface area contributed by atoms with E-state index in [4.69, 9.17) is 9.84 Å². The summed E-state index contributed by atoms with van der Waals surface area (Å²) in [4.78, 5) is 21.0. The van der Waals surface area contributed by atoms with Crippen LogP contribution in [-0.2, 0) is 13.3 Å². The number of carboxylic acids is 1. The Balaban J connectivity index is 3.59. The molecule has 0 heterocycles. The van der Waals surface area contributed by atoms with Crippen molar-refractivity contribution in [3.8, 4) is 0 Å². The molecule has 0 saturated carbocycles. The molecule has 13 heavy (non-hydrogen) atoms. The Kier molecular flexibility index (Phi) is 5.03. The van der Waals surface area contributed by atoms with E-state index in [1.807, 2.05) is 0 Å². The Morgan fingerprint density at radius 3 is 2.31 bits per heavy atom. The van der Waals surface area contributed by atoms with Gasteiger partial charge in [0.15, 0.2) is 0 Å². The van der Waals surface area contributed by atoms with Crippen LogP contribution < -0.4 is 0 Å². The van der Waals surface area contributed by atoms with Crippen LogP contribution in [0, 0.1) is 0 Å². The fourth-order valence-corrected chi connectivity index (χ4v) is 1.84. The van der Waals surface area contributed by atoms with Gasteiger partial charge in [0.2, 0.25) is 0 Å². The van der Waals surface area contributed by atoms with Gasteiger partial charge in [0.1, 0.15) is 0 Å².